The lowest BCUT2D eigenvalue weighted by Gasteiger charge is -2.18. The van der Waals surface area contributed by atoms with Crippen LogP contribution in [0.5, 0.6) is 11.5 Å². The minimum absolute atomic E-state index is 0.0977. The Balaban J connectivity index is 2.11. The van der Waals surface area contributed by atoms with E-state index in [-0.39, 0.29) is 12.2 Å². The van der Waals surface area contributed by atoms with Gasteiger partial charge >= 0.3 is 0 Å². The van der Waals surface area contributed by atoms with Crippen LogP contribution >= 0.6 is 0 Å². The second kappa shape index (κ2) is 7.69. The molecule has 0 aliphatic heterocycles. The van der Waals surface area contributed by atoms with Crippen molar-refractivity contribution in [2.45, 2.75) is 46.4 Å². The van der Waals surface area contributed by atoms with E-state index in [4.69, 9.17) is 9.47 Å². The molecule has 0 radical (unpaired) electrons. The fourth-order valence-electron chi connectivity index (χ4n) is 2.01. The summed E-state index contributed by atoms with van der Waals surface area (Å²) in [4.78, 5) is 4.30. The van der Waals surface area contributed by atoms with Crippen molar-refractivity contribution >= 4 is 5.69 Å². The summed E-state index contributed by atoms with van der Waals surface area (Å²) >= 11 is 0. The first-order valence-corrected chi connectivity index (χ1v) is 7.65. The van der Waals surface area contributed by atoms with Crippen LogP contribution in [0.3, 0.4) is 0 Å². The summed E-state index contributed by atoms with van der Waals surface area (Å²) < 4.78 is 11.7. The zero-order valence-electron chi connectivity index (χ0n) is 13.7. The van der Waals surface area contributed by atoms with Crippen LogP contribution in [0.25, 0.3) is 0 Å². The number of hydrogen-bond donors (Lipinski definition) is 1. The first kappa shape index (κ1) is 16.1. The molecule has 2 rings (SSSR count). The van der Waals surface area contributed by atoms with Gasteiger partial charge < -0.3 is 14.8 Å². The fourth-order valence-corrected chi connectivity index (χ4v) is 2.01. The smallest absolute Gasteiger partial charge is 0.163 e. The molecule has 0 aliphatic carbocycles. The van der Waals surface area contributed by atoms with Crippen LogP contribution in [0, 0.1) is 0 Å². The standard InChI is InChI=1S/C18H24N2O2/c1-13(2)21-17-9-8-15(11-18(17)22-14(3)4)20-12-16-7-5-6-10-19-16/h5-11,13-14,20H,12H2,1-4H3. The van der Waals surface area contributed by atoms with Crippen LogP contribution in [0.2, 0.25) is 0 Å². The van der Waals surface area contributed by atoms with Gasteiger partial charge in [0.1, 0.15) is 0 Å². The Morgan fingerprint density at radius 1 is 0.955 bits per heavy atom. The van der Waals surface area contributed by atoms with Gasteiger partial charge in [-0.25, -0.2) is 0 Å². The van der Waals surface area contributed by atoms with E-state index in [0.29, 0.717) is 6.54 Å². The van der Waals surface area contributed by atoms with E-state index in [1.807, 2.05) is 64.1 Å². The summed E-state index contributed by atoms with van der Waals surface area (Å²) in [7, 11) is 0. The lowest BCUT2D eigenvalue weighted by Crippen LogP contribution is -2.11. The normalized spacial score (nSPS) is 10.8. The van der Waals surface area contributed by atoms with Gasteiger partial charge in [-0.3, -0.25) is 4.98 Å². The van der Waals surface area contributed by atoms with Crippen LogP contribution in [-0.4, -0.2) is 17.2 Å². The van der Waals surface area contributed by atoms with Gasteiger partial charge in [-0.2, -0.15) is 0 Å². The van der Waals surface area contributed by atoms with Crippen molar-refractivity contribution in [1.29, 1.82) is 0 Å². The van der Waals surface area contributed by atoms with Gasteiger partial charge in [-0.05, 0) is 52.0 Å². The molecule has 2 aromatic rings. The zero-order chi connectivity index (χ0) is 15.9. The third kappa shape index (κ3) is 4.95. The van der Waals surface area contributed by atoms with Crippen LogP contribution in [0.4, 0.5) is 5.69 Å². The summed E-state index contributed by atoms with van der Waals surface area (Å²) in [6, 6.07) is 11.8. The maximum atomic E-state index is 5.86. The number of ether oxygens (including phenoxy) is 2. The number of aromatic nitrogens is 1. The Hall–Kier alpha value is -2.23. The molecule has 0 fully saturated rings. The fraction of sp³-hybridized carbons (Fsp3) is 0.389. The topological polar surface area (TPSA) is 43.4 Å². The van der Waals surface area contributed by atoms with Gasteiger partial charge in [0.25, 0.3) is 0 Å². The van der Waals surface area contributed by atoms with Crippen molar-refractivity contribution in [1.82, 2.24) is 4.98 Å². The molecule has 0 bridgehead atoms. The molecule has 1 aromatic carbocycles. The Morgan fingerprint density at radius 2 is 1.68 bits per heavy atom. The summed E-state index contributed by atoms with van der Waals surface area (Å²) in [6.45, 7) is 8.70. The number of anilines is 1. The van der Waals surface area contributed by atoms with E-state index in [2.05, 4.69) is 10.3 Å². The highest BCUT2D eigenvalue weighted by Gasteiger charge is 2.10. The van der Waals surface area contributed by atoms with Gasteiger partial charge in [-0.1, -0.05) is 6.07 Å². The molecule has 0 saturated carbocycles. The Bertz CT molecular complexity index is 583. The van der Waals surface area contributed by atoms with Crippen LogP contribution in [0.1, 0.15) is 33.4 Å². The monoisotopic (exact) mass is 300 g/mol. The molecular formula is C18H24N2O2. The third-order valence-corrected chi connectivity index (χ3v) is 2.87. The highest BCUT2D eigenvalue weighted by molar-refractivity contribution is 5.55. The molecule has 0 unspecified atom stereocenters. The molecule has 1 N–H and O–H groups in total. The lowest BCUT2D eigenvalue weighted by atomic mass is 10.2. The van der Waals surface area contributed by atoms with E-state index in [9.17, 15) is 0 Å². The van der Waals surface area contributed by atoms with E-state index in [0.717, 1.165) is 22.9 Å². The number of pyridine rings is 1. The van der Waals surface area contributed by atoms with Crippen molar-refractivity contribution in [3.8, 4) is 11.5 Å². The maximum absolute atomic E-state index is 5.86. The number of rotatable bonds is 7. The Labute approximate surface area is 132 Å². The predicted octanol–water partition coefficient (Wildman–Crippen LogP) is 4.27. The molecule has 4 heteroatoms. The molecule has 22 heavy (non-hydrogen) atoms. The van der Waals surface area contributed by atoms with Crippen molar-refractivity contribution in [3.05, 3.63) is 48.3 Å². The number of benzene rings is 1. The molecule has 0 atom stereocenters. The molecule has 118 valence electrons. The van der Waals surface area contributed by atoms with Gasteiger partial charge in [-0.15, -0.1) is 0 Å². The van der Waals surface area contributed by atoms with Gasteiger partial charge in [0.05, 0.1) is 24.4 Å². The highest BCUT2D eigenvalue weighted by atomic mass is 16.5. The Morgan fingerprint density at radius 3 is 2.32 bits per heavy atom. The third-order valence-electron chi connectivity index (χ3n) is 2.87. The minimum atomic E-state index is 0.0977. The van der Waals surface area contributed by atoms with Gasteiger partial charge in [0.15, 0.2) is 11.5 Å². The SMILES string of the molecule is CC(C)Oc1ccc(NCc2ccccn2)cc1OC(C)C. The quantitative estimate of drug-likeness (QED) is 0.829. The first-order valence-electron chi connectivity index (χ1n) is 7.65. The van der Waals surface area contributed by atoms with E-state index >= 15 is 0 Å². The van der Waals surface area contributed by atoms with Gasteiger partial charge in [0.2, 0.25) is 0 Å². The average molecular weight is 300 g/mol. The second-order valence-electron chi connectivity index (χ2n) is 5.67. The van der Waals surface area contributed by atoms with Crippen molar-refractivity contribution < 1.29 is 9.47 Å². The van der Waals surface area contributed by atoms with E-state index < -0.39 is 0 Å². The molecule has 0 saturated heterocycles. The van der Waals surface area contributed by atoms with Crippen molar-refractivity contribution in [2.24, 2.45) is 0 Å². The number of nitrogens with zero attached hydrogens (tertiary/aromatic N) is 1. The second-order valence-corrected chi connectivity index (χ2v) is 5.67. The highest BCUT2D eigenvalue weighted by Crippen LogP contribution is 2.32. The maximum Gasteiger partial charge on any atom is 0.163 e. The molecule has 4 nitrogen and oxygen atoms in total. The van der Waals surface area contributed by atoms with E-state index in [1.54, 1.807) is 6.20 Å². The molecule has 0 aliphatic rings. The molecular weight excluding hydrogens is 276 g/mol. The van der Waals surface area contributed by atoms with E-state index in [1.165, 1.54) is 0 Å². The van der Waals surface area contributed by atoms with Crippen LogP contribution < -0.4 is 14.8 Å². The molecule has 1 aromatic heterocycles. The number of nitrogens with one attached hydrogen (secondary N) is 1. The van der Waals surface area contributed by atoms with Crippen molar-refractivity contribution in [2.75, 3.05) is 5.32 Å². The summed E-state index contributed by atoms with van der Waals surface area (Å²) in [6.07, 6.45) is 2.01. The Kier molecular flexibility index (Phi) is 5.64. The van der Waals surface area contributed by atoms with Crippen LogP contribution in [-0.2, 0) is 6.54 Å². The average Bonchev–Trinajstić information content (AvgIpc) is 2.47. The summed E-state index contributed by atoms with van der Waals surface area (Å²) in [5.41, 5.74) is 1.98. The molecule has 0 amide bonds. The largest absolute Gasteiger partial charge is 0.487 e. The van der Waals surface area contributed by atoms with Crippen LogP contribution in [0.15, 0.2) is 42.6 Å². The summed E-state index contributed by atoms with van der Waals surface area (Å²) in [5, 5.41) is 3.36. The summed E-state index contributed by atoms with van der Waals surface area (Å²) in [5.74, 6) is 1.53. The van der Waals surface area contributed by atoms with Crippen molar-refractivity contribution in [3.63, 3.8) is 0 Å². The molecule has 0 spiro atoms. The minimum Gasteiger partial charge on any atom is -0.487 e. The molecule has 1 heterocycles. The van der Waals surface area contributed by atoms with Gasteiger partial charge in [0, 0.05) is 18.0 Å². The lowest BCUT2D eigenvalue weighted by molar-refractivity contribution is 0.199. The first-order chi connectivity index (χ1) is 10.5. The zero-order valence-corrected chi connectivity index (χ0v) is 13.7. The predicted molar refractivity (Wildman–Crippen MR) is 89.5 cm³/mol. The number of hydrogen-bond acceptors (Lipinski definition) is 4.